The summed E-state index contributed by atoms with van der Waals surface area (Å²) in [4.78, 5) is 5.19. The SMILES string of the molecule is CCN(CC)C(CC[CH2][Sn])N(CC)CC. The minimum absolute atomic E-state index is 0.676. The molecule has 0 aromatic heterocycles. The van der Waals surface area contributed by atoms with E-state index in [2.05, 4.69) is 37.5 Å². The maximum atomic E-state index is 2.60. The molecule has 0 aliphatic carbocycles. The fourth-order valence-corrected chi connectivity index (χ4v) is 2.75. The van der Waals surface area contributed by atoms with Gasteiger partial charge in [-0.15, -0.1) is 0 Å². The normalized spacial score (nSPS) is 12.0. The zero-order valence-corrected chi connectivity index (χ0v) is 13.8. The van der Waals surface area contributed by atoms with Crippen molar-refractivity contribution in [3.63, 3.8) is 0 Å². The average molecular weight is 318 g/mol. The molecule has 0 aliphatic rings. The molecule has 0 aromatic rings. The molecule has 15 heavy (non-hydrogen) atoms. The van der Waals surface area contributed by atoms with E-state index < -0.39 is 0 Å². The van der Waals surface area contributed by atoms with Gasteiger partial charge in [-0.2, -0.15) is 0 Å². The van der Waals surface area contributed by atoms with Crippen molar-refractivity contribution >= 4 is 22.5 Å². The average Bonchev–Trinajstić information content (AvgIpc) is 2.28. The fourth-order valence-electron chi connectivity index (χ4n) is 2.17. The first-order chi connectivity index (χ1) is 7.24. The van der Waals surface area contributed by atoms with Crippen molar-refractivity contribution in [2.75, 3.05) is 26.2 Å². The van der Waals surface area contributed by atoms with E-state index in [0.29, 0.717) is 6.17 Å². The third-order valence-electron chi connectivity index (χ3n) is 3.11. The van der Waals surface area contributed by atoms with Crippen LogP contribution < -0.4 is 0 Å². The van der Waals surface area contributed by atoms with Gasteiger partial charge in [0.05, 0.1) is 0 Å². The summed E-state index contributed by atoms with van der Waals surface area (Å²) < 4.78 is 1.39. The van der Waals surface area contributed by atoms with Gasteiger partial charge in [0.2, 0.25) is 0 Å². The topological polar surface area (TPSA) is 6.48 Å². The predicted molar refractivity (Wildman–Crippen MR) is 69.4 cm³/mol. The van der Waals surface area contributed by atoms with Gasteiger partial charge >= 0.3 is 110 Å². The maximum absolute atomic E-state index is 2.60. The number of nitrogens with zero attached hydrogens (tertiary/aromatic N) is 2. The summed E-state index contributed by atoms with van der Waals surface area (Å²) in [6.07, 6.45) is 3.40. The summed E-state index contributed by atoms with van der Waals surface area (Å²) in [6, 6.07) is 0. The quantitative estimate of drug-likeness (QED) is 0.476. The zero-order valence-electron chi connectivity index (χ0n) is 10.9. The van der Waals surface area contributed by atoms with Crippen LogP contribution in [0.4, 0.5) is 0 Å². The number of hydrogen-bond acceptors (Lipinski definition) is 2. The van der Waals surface area contributed by atoms with Gasteiger partial charge in [-0.25, -0.2) is 0 Å². The van der Waals surface area contributed by atoms with Gasteiger partial charge in [-0.05, 0) is 0 Å². The molecule has 0 fully saturated rings. The van der Waals surface area contributed by atoms with Crippen LogP contribution in [-0.2, 0) is 0 Å². The van der Waals surface area contributed by atoms with Gasteiger partial charge in [-0.1, -0.05) is 0 Å². The number of rotatable bonds is 9. The second-order valence-electron chi connectivity index (χ2n) is 3.82. The molecule has 3 heteroatoms. The van der Waals surface area contributed by atoms with Crippen LogP contribution in [0.1, 0.15) is 40.5 Å². The molecule has 0 aromatic carbocycles. The van der Waals surface area contributed by atoms with E-state index in [4.69, 9.17) is 0 Å². The van der Waals surface area contributed by atoms with Crippen LogP contribution in [0.5, 0.6) is 0 Å². The Morgan fingerprint density at radius 3 is 1.53 bits per heavy atom. The fraction of sp³-hybridized carbons (Fsp3) is 1.00. The second-order valence-corrected chi connectivity index (χ2v) is 5.24. The third kappa shape index (κ3) is 5.55. The van der Waals surface area contributed by atoms with Gasteiger partial charge in [0, 0.05) is 0 Å². The molecule has 0 saturated heterocycles. The summed E-state index contributed by atoms with van der Waals surface area (Å²) in [6.45, 7) is 13.8. The number of hydrogen-bond donors (Lipinski definition) is 0. The Kier molecular flexibility index (Phi) is 10.4. The van der Waals surface area contributed by atoms with Crippen LogP contribution in [0.15, 0.2) is 0 Å². The second kappa shape index (κ2) is 9.91. The van der Waals surface area contributed by atoms with Crippen molar-refractivity contribution in [1.82, 2.24) is 9.80 Å². The van der Waals surface area contributed by atoms with E-state index in [1.807, 2.05) is 0 Å². The summed E-state index contributed by atoms with van der Waals surface area (Å²) in [7, 11) is 0. The molecule has 0 unspecified atom stereocenters. The summed E-state index contributed by atoms with van der Waals surface area (Å²) in [5, 5.41) is 0. The monoisotopic (exact) mass is 319 g/mol. The van der Waals surface area contributed by atoms with Crippen LogP contribution in [0, 0.1) is 0 Å². The Labute approximate surface area is 109 Å². The van der Waals surface area contributed by atoms with Crippen molar-refractivity contribution < 1.29 is 0 Å². The van der Waals surface area contributed by atoms with Crippen LogP contribution >= 0.6 is 0 Å². The van der Waals surface area contributed by atoms with Crippen molar-refractivity contribution in [3.05, 3.63) is 0 Å². The molecule has 0 rings (SSSR count). The van der Waals surface area contributed by atoms with E-state index in [1.165, 1.54) is 43.5 Å². The molecular weight excluding hydrogens is 291 g/mol. The summed E-state index contributed by atoms with van der Waals surface area (Å²) in [5.41, 5.74) is 0. The Bertz CT molecular complexity index is 122. The van der Waals surface area contributed by atoms with Crippen molar-refractivity contribution in [3.8, 4) is 0 Å². The van der Waals surface area contributed by atoms with Crippen molar-refractivity contribution in [1.29, 1.82) is 0 Å². The van der Waals surface area contributed by atoms with E-state index in [1.54, 1.807) is 22.5 Å². The molecule has 3 radical (unpaired) electrons. The molecule has 0 saturated carbocycles. The Morgan fingerprint density at radius 2 is 1.27 bits per heavy atom. The van der Waals surface area contributed by atoms with E-state index >= 15 is 0 Å². The predicted octanol–water partition coefficient (Wildman–Crippen LogP) is 2.36. The van der Waals surface area contributed by atoms with Crippen molar-refractivity contribution in [2.24, 2.45) is 0 Å². The van der Waals surface area contributed by atoms with Gasteiger partial charge < -0.3 is 0 Å². The zero-order chi connectivity index (χ0) is 11.7. The Balaban J connectivity index is 4.38. The van der Waals surface area contributed by atoms with E-state index in [9.17, 15) is 0 Å². The Morgan fingerprint density at radius 1 is 0.867 bits per heavy atom. The summed E-state index contributed by atoms with van der Waals surface area (Å²) >= 11 is 1.68. The van der Waals surface area contributed by atoms with Gasteiger partial charge in [-0.3, -0.25) is 0 Å². The van der Waals surface area contributed by atoms with Gasteiger partial charge in [0.15, 0.2) is 0 Å². The van der Waals surface area contributed by atoms with E-state index in [-0.39, 0.29) is 0 Å². The van der Waals surface area contributed by atoms with Gasteiger partial charge in [0.1, 0.15) is 0 Å². The molecule has 0 amide bonds. The van der Waals surface area contributed by atoms with Crippen LogP contribution in [0.3, 0.4) is 0 Å². The molecule has 0 N–H and O–H groups in total. The standard InChI is InChI=1S/C12H27N2.Sn/c1-6-11-12(13(7-2)8-3)14(9-4)10-5;/h12H,1,6-11H2,2-5H3;. The molecule has 0 aliphatic heterocycles. The Hall–Kier alpha value is 0.719. The molecule has 0 heterocycles. The van der Waals surface area contributed by atoms with Crippen LogP contribution in [0.2, 0.25) is 4.44 Å². The summed E-state index contributed by atoms with van der Waals surface area (Å²) in [5.74, 6) is 0. The van der Waals surface area contributed by atoms with Gasteiger partial charge in [0.25, 0.3) is 0 Å². The first-order valence-electron chi connectivity index (χ1n) is 6.37. The van der Waals surface area contributed by atoms with Crippen LogP contribution in [-0.4, -0.2) is 64.7 Å². The molecule has 2 nitrogen and oxygen atoms in total. The molecule has 0 spiro atoms. The molecule has 0 atom stereocenters. The molecule has 0 bridgehead atoms. The molecular formula is C12H27N2Sn. The molecule has 89 valence electrons. The van der Waals surface area contributed by atoms with Crippen molar-refractivity contribution in [2.45, 2.75) is 51.1 Å². The van der Waals surface area contributed by atoms with E-state index in [0.717, 1.165) is 0 Å². The first-order valence-corrected chi connectivity index (χ1v) is 8.39. The third-order valence-corrected chi connectivity index (χ3v) is 4.12. The first kappa shape index (κ1) is 15.7. The van der Waals surface area contributed by atoms with Crippen LogP contribution in [0.25, 0.3) is 0 Å². The minimum atomic E-state index is 0.676.